The number of hydrogen-bond donors (Lipinski definition) is 1. The monoisotopic (exact) mass is 560 g/mol. The molecular weight excluding hydrogens is 496 g/mol. The van der Waals surface area contributed by atoms with E-state index in [0.717, 1.165) is 44.9 Å². The third-order valence-electron chi connectivity index (χ3n) is 6.45. The van der Waals surface area contributed by atoms with Crippen molar-refractivity contribution in [3.63, 3.8) is 0 Å². The highest BCUT2D eigenvalue weighted by Gasteiger charge is 1.96. The van der Waals surface area contributed by atoms with Crippen LogP contribution >= 0.6 is 0 Å². The zero-order valence-corrected chi connectivity index (χ0v) is 26.6. The van der Waals surface area contributed by atoms with Crippen LogP contribution in [-0.4, -0.2) is 23.7 Å². The summed E-state index contributed by atoms with van der Waals surface area (Å²) in [5, 5.41) is 8.50. The Kier molecular flexibility index (Phi) is 36.9. The third kappa shape index (κ3) is 43.0. The van der Waals surface area contributed by atoms with E-state index in [0.29, 0.717) is 13.0 Å². The minimum absolute atomic E-state index is 0.170. The number of hydrogen-bond acceptors (Lipinski definition) is 3. The largest absolute Gasteiger partial charge is 0.481 e. The SMILES string of the molecule is CCCC/C=C/CC/C=C\CCCCCCCC(=O)O.CCCCC=CCCC=CCCCCCCOC(C)=O. The summed E-state index contributed by atoms with van der Waals surface area (Å²) in [6.07, 6.45) is 43.4. The van der Waals surface area contributed by atoms with Gasteiger partial charge in [-0.15, -0.1) is 0 Å². The molecule has 0 aromatic rings. The molecule has 0 bridgehead atoms. The summed E-state index contributed by atoms with van der Waals surface area (Å²) >= 11 is 0. The highest BCUT2D eigenvalue weighted by atomic mass is 16.5. The number of esters is 1. The number of ether oxygens (including phenoxy) is 1. The van der Waals surface area contributed by atoms with Gasteiger partial charge in [-0.2, -0.15) is 0 Å². The molecule has 0 radical (unpaired) electrons. The van der Waals surface area contributed by atoms with Gasteiger partial charge in [0.15, 0.2) is 0 Å². The predicted molar refractivity (Wildman–Crippen MR) is 174 cm³/mol. The van der Waals surface area contributed by atoms with Crippen molar-refractivity contribution in [2.45, 2.75) is 162 Å². The van der Waals surface area contributed by atoms with Crippen molar-refractivity contribution >= 4 is 11.9 Å². The quantitative estimate of drug-likeness (QED) is 0.0616. The van der Waals surface area contributed by atoms with Crippen molar-refractivity contribution in [2.24, 2.45) is 0 Å². The summed E-state index contributed by atoms with van der Waals surface area (Å²) in [4.78, 5) is 20.9. The molecular formula is C36H64O4. The lowest BCUT2D eigenvalue weighted by molar-refractivity contribution is -0.141. The zero-order chi connectivity index (χ0) is 29.8. The minimum atomic E-state index is -0.670. The highest BCUT2D eigenvalue weighted by molar-refractivity contribution is 5.66. The summed E-state index contributed by atoms with van der Waals surface area (Å²) in [6.45, 7) is 6.50. The van der Waals surface area contributed by atoms with Gasteiger partial charge < -0.3 is 9.84 Å². The molecule has 0 aliphatic carbocycles. The van der Waals surface area contributed by atoms with Crippen LogP contribution in [0.15, 0.2) is 48.6 Å². The van der Waals surface area contributed by atoms with Crippen molar-refractivity contribution in [1.29, 1.82) is 0 Å². The number of carboxylic acid groups (broad SMARTS) is 1. The van der Waals surface area contributed by atoms with Crippen LogP contribution in [-0.2, 0) is 14.3 Å². The number of carbonyl (C=O) groups excluding carboxylic acids is 1. The zero-order valence-electron chi connectivity index (χ0n) is 26.6. The van der Waals surface area contributed by atoms with Crippen LogP contribution in [0, 0.1) is 0 Å². The van der Waals surface area contributed by atoms with Gasteiger partial charge in [0.2, 0.25) is 0 Å². The maximum absolute atomic E-state index is 10.5. The summed E-state index contributed by atoms with van der Waals surface area (Å²) < 4.78 is 4.89. The molecule has 0 amide bonds. The predicted octanol–water partition coefficient (Wildman–Crippen LogP) is 11.5. The molecule has 0 aromatic carbocycles. The van der Waals surface area contributed by atoms with Gasteiger partial charge in [-0.05, 0) is 77.0 Å². The van der Waals surface area contributed by atoms with Gasteiger partial charge in [-0.3, -0.25) is 9.59 Å². The van der Waals surface area contributed by atoms with Crippen LogP contribution in [0.1, 0.15) is 162 Å². The second-order valence-electron chi connectivity index (χ2n) is 10.6. The number of unbranched alkanes of at least 4 members (excludes halogenated alkanes) is 15. The van der Waals surface area contributed by atoms with Crippen molar-refractivity contribution in [1.82, 2.24) is 0 Å². The molecule has 0 aliphatic heterocycles. The summed E-state index contributed by atoms with van der Waals surface area (Å²) in [6, 6.07) is 0. The maximum Gasteiger partial charge on any atom is 0.303 e. The minimum Gasteiger partial charge on any atom is -0.481 e. The molecule has 0 aliphatic rings. The first kappa shape index (κ1) is 40.0. The average Bonchev–Trinajstić information content (AvgIpc) is 2.93. The van der Waals surface area contributed by atoms with Crippen LogP contribution in [0.4, 0.5) is 0 Å². The fourth-order valence-electron chi connectivity index (χ4n) is 3.97. The molecule has 232 valence electrons. The fraction of sp³-hybridized carbons (Fsp3) is 0.722. The van der Waals surface area contributed by atoms with E-state index in [-0.39, 0.29) is 5.97 Å². The lowest BCUT2D eigenvalue weighted by atomic mass is 10.1. The van der Waals surface area contributed by atoms with E-state index in [1.165, 1.54) is 96.8 Å². The van der Waals surface area contributed by atoms with E-state index in [2.05, 4.69) is 62.5 Å². The van der Waals surface area contributed by atoms with Crippen LogP contribution in [0.25, 0.3) is 0 Å². The maximum atomic E-state index is 10.5. The molecule has 0 atom stereocenters. The molecule has 40 heavy (non-hydrogen) atoms. The first-order chi connectivity index (χ1) is 19.5. The third-order valence-corrected chi connectivity index (χ3v) is 6.45. The van der Waals surface area contributed by atoms with E-state index in [1.54, 1.807) is 0 Å². The normalized spacial score (nSPS) is 11.6. The first-order valence-electron chi connectivity index (χ1n) is 16.5. The standard InChI is InChI=1S/2C18H32O2/c1-3-4-5-6-7-8-9-10-11-12-13-14-15-16-17-20-18(2)19;1-2-3-4-5-6-7-8-9-10-11-12-13-14-15-16-17-18(19)20/h6-7,10-11H,3-5,8-9,12-17H2,1-2H3;5-6,9-10H,2-4,7-8,11-17H2,1H3,(H,19,20)/b;6-5+,10-9-. The van der Waals surface area contributed by atoms with Gasteiger partial charge in [-0.1, -0.05) is 120 Å². The van der Waals surface area contributed by atoms with E-state index in [4.69, 9.17) is 9.84 Å². The summed E-state index contributed by atoms with van der Waals surface area (Å²) in [5.41, 5.74) is 0. The molecule has 0 fully saturated rings. The lowest BCUT2D eigenvalue weighted by Crippen LogP contribution is -1.99. The Morgan fingerprint density at radius 1 is 0.500 bits per heavy atom. The number of carboxylic acids is 1. The molecule has 1 N–H and O–H groups in total. The summed E-state index contributed by atoms with van der Waals surface area (Å²) in [7, 11) is 0. The van der Waals surface area contributed by atoms with Crippen LogP contribution in [0.2, 0.25) is 0 Å². The second-order valence-corrected chi connectivity index (χ2v) is 10.6. The number of allylic oxidation sites excluding steroid dienone is 8. The average molecular weight is 561 g/mol. The van der Waals surface area contributed by atoms with Gasteiger partial charge in [0, 0.05) is 13.3 Å². The van der Waals surface area contributed by atoms with Crippen molar-refractivity contribution in [3.8, 4) is 0 Å². The van der Waals surface area contributed by atoms with Crippen LogP contribution in [0.5, 0.6) is 0 Å². The van der Waals surface area contributed by atoms with Gasteiger partial charge in [-0.25, -0.2) is 0 Å². The van der Waals surface area contributed by atoms with Crippen molar-refractivity contribution in [3.05, 3.63) is 48.6 Å². The van der Waals surface area contributed by atoms with Gasteiger partial charge in [0.1, 0.15) is 0 Å². The molecule has 0 saturated heterocycles. The fourth-order valence-corrected chi connectivity index (χ4v) is 3.97. The number of carbonyl (C=O) groups is 2. The second kappa shape index (κ2) is 36.9. The first-order valence-corrected chi connectivity index (χ1v) is 16.5. The molecule has 0 spiro atoms. The lowest BCUT2D eigenvalue weighted by Gasteiger charge is -2.00. The smallest absolute Gasteiger partial charge is 0.303 e. The van der Waals surface area contributed by atoms with Crippen molar-refractivity contribution < 1.29 is 19.4 Å². The Balaban J connectivity index is 0. The molecule has 0 rings (SSSR count). The van der Waals surface area contributed by atoms with Crippen LogP contribution < -0.4 is 0 Å². The Hall–Kier alpha value is -2.10. The molecule has 4 nitrogen and oxygen atoms in total. The molecule has 4 heteroatoms. The Morgan fingerprint density at radius 3 is 1.25 bits per heavy atom. The Labute approximate surface area is 248 Å². The molecule has 0 saturated carbocycles. The van der Waals surface area contributed by atoms with E-state index < -0.39 is 5.97 Å². The van der Waals surface area contributed by atoms with Crippen molar-refractivity contribution in [2.75, 3.05) is 6.61 Å². The topological polar surface area (TPSA) is 63.6 Å². The van der Waals surface area contributed by atoms with E-state index >= 15 is 0 Å². The van der Waals surface area contributed by atoms with Crippen LogP contribution in [0.3, 0.4) is 0 Å². The molecule has 0 unspecified atom stereocenters. The van der Waals surface area contributed by atoms with Gasteiger partial charge in [0.05, 0.1) is 6.61 Å². The highest BCUT2D eigenvalue weighted by Crippen LogP contribution is 2.08. The van der Waals surface area contributed by atoms with Gasteiger partial charge in [0.25, 0.3) is 0 Å². The Bertz CT molecular complexity index is 589. The van der Waals surface area contributed by atoms with E-state index in [9.17, 15) is 9.59 Å². The molecule has 0 aromatic heterocycles. The van der Waals surface area contributed by atoms with Gasteiger partial charge >= 0.3 is 11.9 Å². The van der Waals surface area contributed by atoms with E-state index in [1.807, 2.05) is 0 Å². The number of rotatable bonds is 27. The molecule has 0 heterocycles. The summed E-state index contributed by atoms with van der Waals surface area (Å²) in [5.74, 6) is -0.839. The Morgan fingerprint density at radius 2 is 0.850 bits per heavy atom. The number of aliphatic carboxylic acids is 1.